The number of hydrogen-bond acceptors (Lipinski definition) is 4. The zero-order valence-corrected chi connectivity index (χ0v) is 10.3. The second-order valence-electron chi connectivity index (χ2n) is 4.19. The highest BCUT2D eigenvalue weighted by atomic mass is 16.5. The maximum absolute atomic E-state index is 11.5. The van der Waals surface area contributed by atoms with E-state index in [1.54, 1.807) is 7.11 Å². The molecule has 0 aromatic rings. The lowest BCUT2D eigenvalue weighted by atomic mass is 10.0. The Labute approximate surface area is 96.9 Å². The maximum atomic E-state index is 11.5. The number of ether oxygens (including phenoxy) is 2. The van der Waals surface area contributed by atoms with Gasteiger partial charge in [-0.3, -0.25) is 4.79 Å². The summed E-state index contributed by atoms with van der Waals surface area (Å²) in [6.07, 6.45) is 0.874. The molecule has 0 radical (unpaired) electrons. The number of likely N-dealkylation sites (N-methyl/N-ethyl adjacent to an activating group) is 1. The van der Waals surface area contributed by atoms with Crippen molar-refractivity contribution in [1.82, 2.24) is 10.6 Å². The van der Waals surface area contributed by atoms with E-state index in [4.69, 9.17) is 9.47 Å². The molecule has 94 valence electrons. The minimum atomic E-state index is -0.263. The van der Waals surface area contributed by atoms with E-state index in [0.29, 0.717) is 19.7 Å². The van der Waals surface area contributed by atoms with Crippen LogP contribution in [0.25, 0.3) is 0 Å². The minimum absolute atomic E-state index is 0.0210. The van der Waals surface area contributed by atoms with Crippen LogP contribution in [-0.2, 0) is 14.3 Å². The molecular weight excluding hydrogens is 208 g/mol. The van der Waals surface area contributed by atoms with Crippen molar-refractivity contribution >= 4 is 5.91 Å². The molecule has 1 heterocycles. The summed E-state index contributed by atoms with van der Waals surface area (Å²) in [4.78, 5) is 11.5. The third kappa shape index (κ3) is 3.43. The summed E-state index contributed by atoms with van der Waals surface area (Å²) in [5, 5.41) is 5.96. The van der Waals surface area contributed by atoms with Gasteiger partial charge in [-0.15, -0.1) is 0 Å². The number of amides is 1. The van der Waals surface area contributed by atoms with Gasteiger partial charge in [-0.2, -0.15) is 0 Å². The first-order valence-corrected chi connectivity index (χ1v) is 5.77. The fourth-order valence-electron chi connectivity index (χ4n) is 1.72. The first-order valence-electron chi connectivity index (χ1n) is 5.77. The summed E-state index contributed by atoms with van der Waals surface area (Å²) in [6, 6.07) is -0.201. The van der Waals surface area contributed by atoms with Gasteiger partial charge in [-0.1, -0.05) is 0 Å². The first kappa shape index (κ1) is 13.4. The highest BCUT2D eigenvalue weighted by Crippen LogP contribution is 2.21. The molecule has 1 rings (SSSR count). The van der Waals surface area contributed by atoms with Crippen LogP contribution < -0.4 is 10.6 Å². The topological polar surface area (TPSA) is 59.6 Å². The quantitative estimate of drug-likeness (QED) is 0.669. The Hall–Kier alpha value is -0.650. The van der Waals surface area contributed by atoms with E-state index in [1.807, 2.05) is 13.8 Å². The molecule has 5 nitrogen and oxygen atoms in total. The van der Waals surface area contributed by atoms with Crippen molar-refractivity contribution in [3.8, 4) is 0 Å². The summed E-state index contributed by atoms with van der Waals surface area (Å²) in [7, 11) is 1.69. The van der Waals surface area contributed by atoms with Gasteiger partial charge in [0, 0.05) is 33.2 Å². The highest BCUT2D eigenvalue weighted by molar-refractivity contribution is 5.81. The van der Waals surface area contributed by atoms with E-state index < -0.39 is 0 Å². The number of nitrogens with one attached hydrogen (secondary N) is 2. The van der Waals surface area contributed by atoms with Crippen LogP contribution in [0.5, 0.6) is 0 Å². The number of rotatable bonds is 6. The van der Waals surface area contributed by atoms with E-state index in [9.17, 15) is 4.79 Å². The van der Waals surface area contributed by atoms with Crippen molar-refractivity contribution in [3.63, 3.8) is 0 Å². The van der Waals surface area contributed by atoms with Crippen LogP contribution in [0.2, 0.25) is 0 Å². The largest absolute Gasteiger partial charge is 0.378 e. The fourth-order valence-corrected chi connectivity index (χ4v) is 1.72. The number of hydrogen-bond donors (Lipinski definition) is 2. The van der Waals surface area contributed by atoms with E-state index in [2.05, 4.69) is 10.6 Å². The van der Waals surface area contributed by atoms with Crippen LogP contribution in [-0.4, -0.2) is 51.0 Å². The van der Waals surface area contributed by atoms with Crippen LogP contribution in [0.3, 0.4) is 0 Å². The molecule has 2 N–H and O–H groups in total. The van der Waals surface area contributed by atoms with E-state index in [0.717, 1.165) is 13.0 Å². The molecule has 5 heteroatoms. The monoisotopic (exact) mass is 230 g/mol. The standard InChI is InChI=1S/C11H22N2O3/c1-4-12-10(14)9(2)13-7-11(15-3)5-6-16-8-11/h9,13H,4-8H2,1-3H3,(H,12,14). The van der Waals surface area contributed by atoms with Crippen LogP contribution in [0.4, 0.5) is 0 Å². The minimum Gasteiger partial charge on any atom is -0.378 e. The fraction of sp³-hybridized carbons (Fsp3) is 0.909. The SMILES string of the molecule is CCNC(=O)C(C)NCC1(OC)CCOC1. The second kappa shape index (κ2) is 6.18. The predicted octanol–water partition coefficient (Wildman–Crippen LogP) is -0.0939. The Morgan fingerprint density at radius 2 is 2.38 bits per heavy atom. The molecule has 16 heavy (non-hydrogen) atoms. The summed E-state index contributed by atoms with van der Waals surface area (Å²) in [6.45, 7) is 6.38. The lowest BCUT2D eigenvalue weighted by molar-refractivity contribution is -0.123. The van der Waals surface area contributed by atoms with Gasteiger partial charge in [0.05, 0.1) is 12.6 Å². The Morgan fingerprint density at radius 1 is 1.62 bits per heavy atom. The van der Waals surface area contributed by atoms with Crippen molar-refractivity contribution in [3.05, 3.63) is 0 Å². The van der Waals surface area contributed by atoms with Crippen molar-refractivity contribution in [2.24, 2.45) is 0 Å². The van der Waals surface area contributed by atoms with Gasteiger partial charge in [0.1, 0.15) is 5.60 Å². The molecule has 0 aliphatic carbocycles. The van der Waals surface area contributed by atoms with E-state index >= 15 is 0 Å². The molecule has 1 aliphatic rings. The second-order valence-corrected chi connectivity index (χ2v) is 4.19. The number of carbonyl (C=O) groups is 1. The summed E-state index contributed by atoms with van der Waals surface area (Å²) in [5.41, 5.74) is -0.263. The van der Waals surface area contributed by atoms with E-state index in [-0.39, 0.29) is 17.6 Å². The Morgan fingerprint density at radius 3 is 2.88 bits per heavy atom. The molecule has 1 saturated heterocycles. The van der Waals surface area contributed by atoms with Gasteiger partial charge < -0.3 is 20.1 Å². The zero-order valence-electron chi connectivity index (χ0n) is 10.3. The highest BCUT2D eigenvalue weighted by Gasteiger charge is 2.35. The predicted molar refractivity (Wildman–Crippen MR) is 61.3 cm³/mol. The Kier molecular flexibility index (Phi) is 5.18. The molecule has 0 saturated carbocycles. The van der Waals surface area contributed by atoms with Gasteiger partial charge in [-0.25, -0.2) is 0 Å². The maximum Gasteiger partial charge on any atom is 0.236 e. The third-order valence-electron chi connectivity index (χ3n) is 2.97. The van der Waals surface area contributed by atoms with E-state index in [1.165, 1.54) is 0 Å². The van der Waals surface area contributed by atoms with Crippen LogP contribution in [0, 0.1) is 0 Å². The lowest BCUT2D eigenvalue weighted by Gasteiger charge is -2.27. The van der Waals surface area contributed by atoms with Crippen LogP contribution >= 0.6 is 0 Å². The summed E-state index contributed by atoms with van der Waals surface area (Å²) < 4.78 is 10.8. The first-order chi connectivity index (χ1) is 7.63. The zero-order chi connectivity index (χ0) is 12.0. The van der Waals surface area contributed by atoms with Crippen molar-refractivity contribution in [2.75, 3.05) is 33.4 Å². The van der Waals surface area contributed by atoms with Crippen LogP contribution in [0.15, 0.2) is 0 Å². The van der Waals surface area contributed by atoms with Crippen molar-refractivity contribution in [1.29, 1.82) is 0 Å². The van der Waals surface area contributed by atoms with Crippen molar-refractivity contribution < 1.29 is 14.3 Å². The lowest BCUT2D eigenvalue weighted by Crippen LogP contribution is -2.50. The number of carbonyl (C=O) groups excluding carboxylic acids is 1. The molecular formula is C11H22N2O3. The average molecular weight is 230 g/mol. The molecule has 0 bridgehead atoms. The number of methoxy groups -OCH3 is 1. The average Bonchev–Trinajstić information content (AvgIpc) is 2.75. The summed E-state index contributed by atoms with van der Waals surface area (Å²) in [5.74, 6) is 0.0210. The molecule has 1 amide bonds. The van der Waals surface area contributed by atoms with Crippen molar-refractivity contribution in [2.45, 2.75) is 31.9 Å². The molecule has 2 unspecified atom stereocenters. The molecule has 0 spiro atoms. The Balaban J connectivity index is 2.34. The Bertz CT molecular complexity index is 227. The third-order valence-corrected chi connectivity index (χ3v) is 2.97. The van der Waals surface area contributed by atoms with Gasteiger partial charge in [0.15, 0.2) is 0 Å². The molecule has 0 aromatic heterocycles. The summed E-state index contributed by atoms with van der Waals surface area (Å²) >= 11 is 0. The van der Waals surface area contributed by atoms with Gasteiger partial charge in [0.2, 0.25) is 5.91 Å². The van der Waals surface area contributed by atoms with Gasteiger partial charge in [0.25, 0.3) is 0 Å². The normalized spacial score (nSPS) is 26.7. The molecule has 2 atom stereocenters. The smallest absolute Gasteiger partial charge is 0.236 e. The molecule has 1 aliphatic heterocycles. The molecule has 0 aromatic carbocycles. The van der Waals surface area contributed by atoms with Gasteiger partial charge in [-0.05, 0) is 13.8 Å². The molecule has 1 fully saturated rings. The van der Waals surface area contributed by atoms with Crippen LogP contribution in [0.1, 0.15) is 20.3 Å². The van der Waals surface area contributed by atoms with Gasteiger partial charge >= 0.3 is 0 Å².